The van der Waals surface area contributed by atoms with Crippen molar-refractivity contribution in [2.24, 2.45) is 0 Å². The van der Waals surface area contributed by atoms with Crippen LogP contribution in [0.1, 0.15) is 5.01 Å². The molecule has 7 heteroatoms. The van der Waals surface area contributed by atoms with Crippen LogP contribution in [0.5, 0.6) is 11.5 Å². The number of allylic oxidation sites excluding steroid dienone is 1. The molecule has 0 aliphatic carbocycles. The van der Waals surface area contributed by atoms with Crippen LogP contribution in [0.2, 0.25) is 0 Å². The molecule has 136 valence electrons. The van der Waals surface area contributed by atoms with E-state index in [2.05, 4.69) is 16.4 Å². The zero-order chi connectivity index (χ0) is 19.2. The van der Waals surface area contributed by atoms with Gasteiger partial charge in [0.05, 0.1) is 19.9 Å². The number of ether oxygens (including phenoxy) is 2. The van der Waals surface area contributed by atoms with E-state index >= 15 is 0 Å². The van der Waals surface area contributed by atoms with Gasteiger partial charge >= 0.3 is 0 Å². The van der Waals surface area contributed by atoms with Crippen LogP contribution in [0.15, 0.2) is 54.0 Å². The second-order valence-corrected chi connectivity index (χ2v) is 6.29. The van der Waals surface area contributed by atoms with Crippen molar-refractivity contribution >= 4 is 22.6 Å². The molecule has 1 heterocycles. The highest BCUT2D eigenvalue weighted by molar-refractivity contribution is 7.11. The molecular weight excluding hydrogens is 365 g/mol. The number of thiazole rings is 1. The van der Waals surface area contributed by atoms with Crippen LogP contribution in [0.4, 0.5) is 10.1 Å². The van der Waals surface area contributed by atoms with Gasteiger partial charge in [-0.2, -0.15) is 5.26 Å². The minimum atomic E-state index is -0.300. The largest absolute Gasteiger partial charge is 0.493 e. The number of hydrogen-bond acceptors (Lipinski definition) is 6. The minimum absolute atomic E-state index is 0.300. The van der Waals surface area contributed by atoms with E-state index in [0.29, 0.717) is 27.8 Å². The number of benzene rings is 2. The average molecular weight is 381 g/mol. The van der Waals surface area contributed by atoms with Crippen LogP contribution >= 0.6 is 11.3 Å². The van der Waals surface area contributed by atoms with E-state index in [1.165, 1.54) is 23.5 Å². The summed E-state index contributed by atoms with van der Waals surface area (Å²) in [7, 11) is 3.13. The van der Waals surface area contributed by atoms with Gasteiger partial charge in [-0.3, -0.25) is 0 Å². The molecular formula is C20H16FN3O2S. The fourth-order valence-electron chi connectivity index (χ4n) is 2.37. The molecule has 0 fully saturated rings. The van der Waals surface area contributed by atoms with E-state index in [0.717, 1.165) is 11.3 Å². The normalized spacial score (nSPS) is 11.0. The summed E-state index contributed by atoms with van der Waals surface area (Å²) < 4.78 is 23.5. The summed E-state index contributed by atoms with van der Waals surface area (Å²) in [5.74, 6) is 0.907. The predicted octanol–water partition coefficient (Wildman–Crippen LogP) is 4.94. The SMILES string of the molecule is COc1ccc(N/C=C(/C#N)c2nc(-c3ccc(F)cc3)cs2)cc1OC. The van der Waals surface area contributed by atoms with Gasteiger partial charge in [-0.25, -0.2) is 9.37 Å². The molecule has 0 saturated carbocycles. The number of nitriles is 1. The molecule has 27 heavy (non-hydrogen) atoms. The van der Waals surface area contributed by atoms with Crippen molar-refractivity contribution in [3.05, 3.63) is 64.9 Å². The lowest BCUT2D eigenvalue weighted by Crippen LogP contribution is -1.94. The Morgan fingerprint density at radius 1 is 1.15 bits per heavy atom. The van der Waals surface area contributed by atoms with E-state index in [1.54, 1.807) is 44.7 Å². The van der Waals surface area contributed by atoms with Crippen LogP contribution in [-0.4, -0.2) is 19.2 Å². The lowest BCUT2D eigenvalue weighted by atomic mass is 10.2. The number of halogens is 1. The molecule has 0 spiro atoms. The van der Waals surface area contributed by atoms with Crippen LogP contribution in [-0.2, 0) is 0 Å². The summed E-state index contributed by atoms with van der Waals surface area (Å²) in [5.41, 5.74) is 2.63. The van der Waals surface area contributed by atoms with Crippen LogP contribution in [0.3, 0.4) is 0 Å². The van der Waals surface area contributed by atoms with Gasteiger partial charge < -0.3 is 14.8 Å². The Morgan fingerprint density at radius 3 is 2.56 bits per heavy atom. The monoisotopic (exact) mass is 381 g/mol. The zero-order valence-corrected chi connectivity index (χ0v) is 15.5. The molecule has 0 radical (unpaired) electrons. The van der Waals surface area contributed by atoms with Crippen molar-refractivity contribution in [1.29, 1.82) is 5.26 Å². The molecule has 0 bridgehead atoms. The molecule has 1 aromatic heterocycles. The van der Waals surface area contributed by atoms with Gasteiger partial charge in [-0.15, -0.1) is 11.3 Å². The summed E-state index contributed by atoms with van der Waals surface area (Å²) >= 11 is 1.35. The maximum absolute atomic E-state index is 13.1. The molecule has 0 atom stereocenters. The maximum atomic E-state index is 13.1. The number of nitrogens with zero attached hydrogens (tertiary/aromatic N) is 2. The number of rotatable bonds is 6. The van der Waals surface area contributed by atoms with Gasteiger partial charge in [0, 0.05) is 28.9 Å². The van der Waals surface area contributed by atoms with Gasteiger partial charge in [0.1, 0.15) is 22.5 Å². The number of methoxy groups -OCH3 is 2. The van der Waals surface area contributed by atoms with E-state index in [1.807, 2.05) is 11.4 Å². The van der Waals surface area contributed by atoms with E-state index < -0.39 is 0 Å². The van der Waals surface area contributed by atoms with Crippen molar-refractivity contribution < 1.29 is 13.9 Å². The van der Waals surface area contributed by atoms with Gasteiger partial charge in [0.25, 0.3) is 0 Å². The third-order valence-electron chi connectivity index (χ3n) is 3.76. The Balaban J connectivity index is 1.81. The quantitative estimate of drug-likeness (QED) is 0.613. The molecule has 0 saturated heterocycles. The van der Waals surface area contributed by atoms with Crippen molar-refractivity contribution in [2.45, 2.75) is 0 Å². The average Bonchev–Trinajstić information content (AvgIpc) is 3.18. The summed E-state index contributed by atoms with van der Waals surface area (Å²) in [5, 5.41) is 15.0. The van der Waals surface area contributed by atoms with Gasteiger partial charge in [-0.1, -0.05) is 0 Å². The fourth-order valence-corrected chi connectivity index (χ4v) is 3.17. The first-order valence-electron chi connectivity index (χ1n) is 7.95. The first-order valence-corrected chi connectivity index (χ1v) is 8.83. The third kappa shape index (κ3) is 4.25. The second-order valence-electron chi connectivity index (χ2n) is 5.43. The topological polar surface area (TPSA) is 67.2 Å². The summed E-state index contributed by atoms with van der Waals surface area (Å²) in [6, 6.07) is 13.6. The van der Waals surface area contributed by atoms with Crippen LogP contribution in [0, 0.1) is 17.1 Å². The Kier molecular flexibility index (Phi) is 5.69. The number of nitrogens with one attached hydrogen (secondary N) is 1. The van der Waals surface area contributed by atoms with Crippen molar-refractivity contribution in [3.63, 3.8) is 0 Å². The first kappa shape index (κ1) is 18.4. The molecule has 3 rings (SSSR count). The van der Waals surface area contributed by atoms with Gasteiger partial charge in [0.15, 0.2) is 11.5 Å². The predicted molar refractivity (Wildman–Crippen MR) is 104 cm³/mol. The molecule has 0 aliphatic heterocycles. The van der Waals surface area contributed by atoms with Crippen LogP contribution in [0.25, 0.3) is 16.8 Å². The molecule has 0 aliphatic rings. The number of hydrogen-bond donors (Lipinski definition) is 1. The highest BCUT2D eigenvalue weighted by Gasteiger charge is 2.10. The Bertz CT molecular complexity index is 1010. The van der Waals surface area contributed by atoms with Crippen molar-refractivity contribution in [1.82, 2.24) is 4.98 Å². The minimum Gasteiger partial charge on any atom is -0.493 e. The first-order chi connectivity index (χ1) is 13.1. The fraction of sp³-hybridized carbons (Fsp3) is 0.100. The summed E-state index contributed by atoms with van der Waals surface area (Å²) in [6.45, 7) is 0. The lowest BCUT2D eigenvalue weighted by molar-refractivity contribution is 0.355. The Labute approximate surface area is 160 Å². The highest BCUT2D eigenvalue weighted by atomic mass is 32.1. The summed E-state index contributed by atoms with van der Waals surface area (Å²) in [4.78, 5) is 4.48. The lowest BCUT2D eigenvalue weighted by Gasteiger charge is -2.09. The standard InChI is InChI=1S/C20H16FN3O2S/c1-25-18-8-7-16(9-19(18)26-2)23-11-14(10-22)20-24-17(12-27-20)13-3-5-15(21)6-4-13/h3-9,11-12,23H,1-2H3/b14-11-. The van der Waals surface area contributed by atoms with Crippen molar-refractivity contribution in [3.8, 4) is 28.8 Å². The van der Waals surface area contributed by atoms with E-state index in [9.17, 15) is 9.65 Å². The summed E-state index contributed by atoms with van der Waals surface area (Å²) in [6.07, 6.45) is 1.59. The second kappa shape index (κ2) is 8.34. The highest BCUT2D eigenvalue weighted by Crippen LogP contribution is 2.30. The zero-order valence-electron chi connectivity index (χ0n) is 14.7. The molecule has 0 unspecified atom stereocenters. The van der Waals surface area contributed by atoms with Crippen LogP contribution < -0.4 is 14.8 Å². The Hall–Kier alpha value is -3.37. The molecule has 2 aromatic carbocycles. The molecule has 1 N–H and O–H groups in total. The Morgan fingerprint density at radius 2 is 1.89 bits per heavy atom. The van der Waals surface area contributed by atoms with E-state index in [-0.39, 0.29) is 5.82 Å². The number of aromatic nitrogens is 1. The number of anilines is 1. The van der Waals surface area contributed by atoms with E-state index in [4.69, 9.17) is 9.47 Å². The molecule has 0 amide bonds. The van der Waals surface area contributed by atoms with Gasteiger partial charge in [-0.05, 0) is 36.4 Å². The smallest absolute Gasteiger partial charge is 0.162 e. The molecule has 3 aromatic rings. The van der Waals surface area contributed by atoms with Crippen molar-refractivity contribution in [2.75, 3.05) is 19.5 Å². The molecule has 5 nitrogen and oxygen atoms in total. The third-order valence-corrected chi connectivity index (χ3v) is 4.64. The van der Waals surface area contributed by atoms with Gasteiger partial charge in [0.2, 0.25) is 0 Å². The maximum Gasteiger partial charge on any atom is 0.162 e.